The van der Waals surface area contributed by atoms with Gasteiger partial charge in [-0.15, -0.1) is 0 Å². The lowest BCUT2D eigenvalue weighted by molar-refractivity contribution is -0.141. The maximum Gasteiger partial charge on any atom is 0.296 e. The number of likely N-dealkylation sites (tertiary alicyclic amines) is 1. The lowest BCUT2D eigenvalue weighted by atomic mass is 9.95. The summed E-state index contributed by atoms with van der Waals surface area (Å²) < 4.78 is 14.7. The fourth-order valence-electron chi connectivity index (χ4n) is 3.45. The van der Waals surface area contributed by atoms with Crippen LogP contribution >= 0.6 is 11.6 Å². The highest BCUT2D eigenvalue weighted by Crippen LogP contribution is 2.40. The van der Waals surface area contributed by atoms with Crippen LogP contribution in [0.15, 0.2) is 54.1 Å². The number of benzene rings is 2. The standard InChI is InChI=1S/C22H22ClFN2O3/c1-3-25(4-2)13-26-19(16-7-5-6-8-17(16)24)18(21(28)22(26)29)20(27)14-9-11-15(23)12-10-14/h5-12,19,27H,3-4,13H2,1-2H3/b20-18+/t19-/m1/s1. The van der Waals surface area contributed by atoms with E-state index >= 15 is 0 Å². The van der Waals surface area contributed by atoms with Gasteiger partial charge in [0.25, 0.3) is 11.7 Å². The number of halogens is 2. The molecule has 0 radical (unpaired) electrons. The van der Waals surface area contributed by atoms with E-state index in [1.54, 1.807) is 30.3 Å². The number of ketones is 1. The Bertz CT molecular complexity index is 955. The van der Waals surface area contributed by atoms with E-state index in [0.29, 0.717) is 23.7 Å². The van der Waals surface area contributed by atoms with Crippen molar-refractivity contribution in [2.75, 3.05) is 19.8 Å². The normalized spacial score (nSPS) is 18.7. The van der Waals surface area contributed by atoms with Crippen molar-refractivity contribution >= 4 is 29.1 Å². The number of carbonyl (C=O) groups excluding carboxylic acids is 2. The molecule has 7 heteroatoms. The Morgan fingerprint density at radius 1 is 1.10 bits per heavy atom. The topological polar surface area (TPSA) is 60.9 Å². The van der Waals surface area contributed by atoms with E-state index in [9.17, 15) is 19.1 Å². The zero-order valence-electron chi connectivity index (χ0n) is 16.2. The zero-order chi connectivity index (χ0) is 21.1. The molecule has 3 rings (SSSR count). The number of hydrogen-bond acceptors (Lipinski definition) is 4. The van der Waals surface area contributed by atoms with Gasteiger partial charge in [-0.05, 0) is 43.4 Å². The molecule has 1 aliphatic heterocycles. The molecule has 0 saturated carbocycles. The van der Waals surface area contributed by atoms with Crippen LogP contribution in [-0.2, 0) is 9.59 Å². The third kappa shape index (κ3) is 4.04. The summed E-state index contributed by atoms with van der Waals surface area (Å²) in [5.41, 5.74) is 0.362. The molecular formula is C22H22ClFN2O3. The first kappa shape index (κ1) is 21.0. The quantitative estimate of drug-likeness (QED) is 0.435. The highest BCUT2D eigenvalue weighted by atomic mass is 35.5. The molecule has 152 valence electrons. The molecule has 0 unspecified atom stereocenters. The second-order valence-electron chi connectivity index (χ2n) is 6.74. The van der Waals surface area contributed by atoms with Crippen LogP contribution in [0, 0.1) is 5.82 Å². The number of hydrogen-bond donors (Lipinski definition) is 1. The number of Topliss-reactive ketones (excluding diaryl/α,β-unsaturated/α-hetero) is 1. The second kappa shape index (κ2) is 8.76. The van der Waals surface area contributed by atoms with Gasteiger partial charge in [0.05, 0.1) is 18.3 Å². The van der Waals surface area contributed by atoms with E-state index < -0.39 is 23.5 Å². The van der Waals surface area contributed by atoms with E-state index in [1.165, 1.54) is 23.1 Å². The SMILES string of the molecule is CCN(CC)CN1C(=O)C(=O)/C(=C(/O)c2ccc(Cl)cc2)[C@H]1c1ccccc1F. The third-order valence-electron chi connectivity index (χ3n) is 5.10. The number of nitrogens with zero attached hydrogens (tertiary/aromatic N) is 2. The molecule has 1 aliphatic rings. The first-order chi connectivity index (χ1) is 13.9. The van der Waals surface area contributed by atoms with Crippen molar-refractivity contribution in [3.63, 3.8) is 0 Å². The lowest BCUT2D eigenvalue weighted by Gasteiger charge is -2.30. The highest BCUT2D eigenvalue weighted by Gasteiger charge is 2.47. The summed E-state index contributed by atoms with van der Waals surface area (Å²) in [6.45, 7) is 5.33. The fourth-order valence-corrected chi connectivity index (χ4v) is 3.57. The molecule has 29 heavy (non-hydrogen) atoms. The minimum Gasteiger partial charge on any atom is -0.507 e. The second-order valence-corrected chi connectivity index (χ2v) is 7.18. The smallest absolute Gasteiger partial charge is 0.296 e. The monoisotopic (exact) mass is 416 g/mol. The average molecular weight is 417 g/mol. The predicted octanol–water partition coefficient (Wildman–Crippen LogP) is 4.20. The Morgan fingerprint density at radius 3 is 2.31 bits per heavy atom. The van der Waals surface area contributed by atoms with Gasteiger partial charge in [0.15, 0.2) is 0 Å². The molecule has 0 spiro atoms. The Labute approximate surface area is 174 Å². The number of carbonyl (C=O) groups is 2. The Hall–Kier alpha value is -2.70. The summed E-state index contributed by atoms with van der Waals surface area (Å²) in [4.78, 5) is 29.0. The molecule has 2 aromatic carbocycles. The molecule has 1 fully saturated rings. The fraction of sp³-hybridized carbons (Fsp3) is 0.273. The summed E-state index contributed by atoms with van der Waals surface area (Å²) in [6, 6.07) is 11.2. The van der Waals surface area contributed by atoms with E-state index in [-0.39, 0.29) is 23.6 Å². The van der Waals surface area contributed by atoms with Crippen LogP contribution in [0.1, 0.15) is 31.0 Å². The molecule has 1 saturated heterocycles. The Balaban J connectivity index is 2.18. The number of amides is 1. The van der Waals surface area contributed by atoms with E-state index in [4.69, 9.17) is 11.6 Å². The van der Waals surface area contributed by atoms with E-state index in [0.717, 1.165) is 0 Å². The van der Waals surface area contributed by atoms with Crippen molar-refractivity contribution in [2.45, 2.75) is 19.9 Å². The van der Waals surface area contributed by atoms with Crippen molar-refractivity contribution in [3.8, 4) is 0 Å². The van der Waals surface area contributed by atoms with Crippen LogP contribution in [0.5, 0.6) is 0 Å². The van der Waals surface area contributed by atoms with Gasteiger partial charge in [0, 0.05) is 16.1 Å². The molecule has 0 aromatic heterocycles. The average Bonchev–Trinajstić information content (AvgIpc) is 2.97. The third-order valence-corrected chi connectivity index (χ3v) is 5.36. The van der Waals surface area contributed by atoms with Gasteiger partial charge in [-0.25, -0.2) is 4.39 Å². The minimum absolute atomic E-state index is 0.130. The van der Waals surface area contributed by atoms with Crippen LogP contribution in [0.2, 0.25) is 5.02 Å². The molecule has 0 bridgehead atoms. The highest BCUT2D eigenvalue weighted by molar-refractivity contribution is 6.46. The largest absolute Gasteiger partial charge is 0.507 e. The van der Waals surface area contributed by atoms with Crippen molar-refractivity contribution in [3.05, 3.63) is 76.1 Å². The van der Waals surface area contributed by atoms with Crippen molar-refractivity contribution in [2.24, 2.45) is 0 Å². The maximum atomic E-state index is 14.7. The van der Waals surface area contributed by atoms with Crippen molar-refractivity contribution < 1.29 is 19.1 Å². The van der Waals surface area contributed by atoms with E-state index in [2.05, 4.69) is 0 Å². The number of aliphatic hydroxyl groups is 1. The van der Waals surface area contributed by atoms with Gasteiger partial charge in [-0.3, -0.25) is 14.5 Å². The maximum absolute atomic E-state index is 14.7. The van der Waals surface area contributed by atoms with Gasteiger partial charge in [0.1, 0.15) is 11.6 Å². The van der Waals surface area contributed by atoms with Crippen LogP contribution in [0.4, 0.5) is 4.39 Å². The van der Waals surface area contributed by atoms with Gasteiger partial charge < -0.3 is 10.0 Å². The Morgan fingerprint density at radius 2 is 1.72 bits per heavy atom. The van der Waals surface area contributed by atoms with Crippen LogP contribution in [-0.4, -0.2) is 46.4 Å². The molecule has 1 N–H and O–H groups in total. The molecule has 5 nitrogen and oxygen atoms in total. The summed E-state index contributed by atoms with van der Waals surface area (Å²) in [5.74, 6) is -2.50. The van der Waals surface area contributed by atoms with Crippen LogP contribution in [0.25, 0.3) is 5.76 Å². The first-order valence-electron chi connectivity index (χ1n) is 9.40. The van der Waals surface area contributed by atoms with Gasteiger partial charge in [0.2, 0.25) is 0 Å². The van der Waals surface area contributed by atoms with E-state index in [1.807, 2.05) is 18.7 Å². The molecule has 0 aliphatic carbocycles. The van der Waals surface area contributed by atoms with Crippen molar-refractivity contribution in [1.29, 1.82) is 0 Å². The molecular weight excluding hydrogens is 395 g/mol. The predicted molar refractivity (Wildman–Crippen MR) is 110 cm³/mol. The molecule has 1 atom stereocenters. The van der Waals surface area contributed by atoms with Crippen LogP contribution in [0.3, 0.4) is 0 Å². The number of rotatable bonds is 6. The zero-order valence-corrected chi connectivity index (χ0v) is 17.0. The molecule has 1 amide bonds. The van der Waals surface area contributed by atoms with Gasteiger partial charge in [-0.1, -0.05) is 43.6 Å². The van der Waals surface area contributed by atoms with Gasteiger partial charge in [-0.2, -0.15) is 0 Å². The first-order valence-corrected chi connectivity index (χ1v) is 9.77. The number of aliphatic hydroxyl groups excluding tert-OH is 1. The summed E-state index contributed by atoms with van der Waals surface area (Å²) in [6.07, 6.45) is 0. The van der Waals surface area contributed by atoms with Crippen molar-refractivity contribution in [1.82, 2.24) is 9.80 Å². The molecule has 2 aromatic rings. The summed E-state index contributed by atoms with van der Waals surface area (Å²) >= 11 is 5.90. The summed E-state index contributed by atoms with van der Waals surface area (Å²) in [5, 5.41) is 11.4. The Kier molecular flexibility index (Phi) is 6.35. The van der Waals surface area contributed by atoms with Crippen LogP contribution < -0.4 is 0 Å². The molecule has 1 heterocycles. The lowest BCUT2D eigenvalue weighted by Crippen LogP contribution is -2.40. The van der Waals surface area contributed by atoms with Gasteiger partial charge >= 0.3 is 0 Å². The summed E-state index contributed by atoms with van der Waals surface area (Å²) in [7, 11) is 0. The minimum atomic E-state index is -1.02.